The molecule has 0 saturated heterocycles. The topological polar surface area (TPSA) is 0 Å². The van der Waals surface area contributed by atoms with Gasteiger partial charge in [-0.05, 0) is 74.2 Å². The molecule has 32 heavy (non-hydrogen) atoms. The van der Waals surface area contributed by atoms with E-state index in [-0.39, 0.29) is 5.41 Å². The van der Waals surface area contributed by atoms with Crippen molar-refractivity contribution in [3.8, 4) is 33.4 Å². The molecule has 7 rings (SSSR count). The molecular formula is C31H22S. The second-order valence-corrected chi connectivity index (χ2v) is 10.5. The van der Waals surface area contributed by atoms with E-state index in [1.165, 1.54) is 65.1 Å². The van der Waals surface area contributed by atoms with Gasteiger partial charge in [0.2, 0.25) is 0 Å². The van der Waals surface area contributed by atoms with Crippen LogP contribution in [0.5, 0.6) is 0 Å². The normalized spacial score (nSPS) is 14.7. The molecule has 0 saturated carbocycles. The highest BCUT2D eigenvalue weighted by molar-refractivity contribution is 7.99. The molecule has 0 bridgehead atoms. The first-order chi connectivity index (χ1) is 15.6. The van der Waals surface area contributed by atoms with Crippen molar-refractivity contribution in [3.05, 3.63) is 108 Å². The molecule has 0 N–H and O–H groups in total. The summed E-state index contributed by atoms with van der Waals surface area (Å²) in [6.07, 6.45) is 0. The van der Waals surface area contributed by atoms with Gasteiger partial charge in [-0.25, -0.2) is 0 Å². The van der Waals surface area contributed by atoms with E-state index in [1.54, 1.807) is 0 Å². The molecule has 0 fully saturated rings. The zero-order valence-electron chi connectivity index (χ0n) is 18.1. The lowest BCUT2D eigenvalue weighted by Gasteiger charge is -2.23. The van der Waals surface area contributed by atoms with Crippen LogP contribution in [0.3, 0.4) is 0 Å². The van der Waals surface area contributed by atoms with Crippen LogP contribution in [0.2, 0.25) is 0 Å². The highest BCUT2D eigenvalue weighted by Crippen LogP contribution is 2.54. The predicted octanol–water partition coefficient (Wildman–Crippen LogP) is 8.94. The van der Waals surface area contributed by atoms with Crippen LogP contribution in [0.1, 0.15) is 25.0 Å². The molecule has 1 heterocycles. The summed E-state index contributed by atoms with van der Waals surface area (Å²) in [5.41, 5.74) is 11.0. The van der Waals surface area contributed by atoms with Crippen LogP contribution in [0, 0.1) is 0 Å². The number of hydrogen-bond acceptors (Lipinski definition) is 1. The zero-order valence-corrected chi connectivity index (χ0v) is 19.0. The molecule has 0 aromatic heterocycles. The maximum atomic E-state index is 2.42. The Balaban J connectivity index is 1.57. The predicted molar refractivity (Wildman–Crippen MR) is 137 cm³/mol. The summed E-state index contributed by atoms with van der Waals surface area (Å²) in [5, 5.41) is 2.70. The summed E-state index contributed by atoms with van der Waals surface area (Å²) < 4.78 is 0. The summed E-state index contributed by atoms with van der Waals surface area (Å²) in [7, 11) is 0. The highest BCUT2D eigenvalue weighted by Gasteiger charge is 2.36. The molecule has 0 radical (unpaired) electrons. The van der Waals surface area contributed by atoms with E-state index in [4.69, 9.17) is 0 Å². The van der Waals surface area contributed by atoms with Crippen molar-refractivity contribution < 1.29 is 0 Å². The fourth-order valence-electron chi connectivity index (χ4n) is 5.74. The van der Waals surface area contributed by atoms with Gasteiger partial charge in [0, 0.05) is 20.6 Å². The van der Waals surface area contributed by atoms with Gasteiger partial charge in [0.25, 0.3) is 0 Å². The maximum absolute atomic E-state index is 2.42. The fourth-order valence-corrected chi connectivity index (χ4v) is 6.89. The van der Waals surface area contributed by atoms with E-state index >= 15 is 0 Å². The van der Waals surface area contributed by atoms with Gasteiger partial charge < -0.3 is 0 Å². The molecule has 0 amide bonds. The van der Waals surface area contributed by atoms with Crippen LogP contribution in [0.25, 0.3) is 44.2 Å². The number of hydrogen-bond donors (Lipinski definition) is 0. The standard InChI is InChI=1S/C31H22S/c1-31(2)25-13-5-3-11-23(25)30-21(12-8-14-26(30)31)20-17-19-9-7-16-28-29(19)24(18-20)22-10-4-6-15-27(22)32-28/h3-18H,1-2H3. The minimum absolute atomic E-state index is 0.0173. The number of rotatable bonds is 1. The lowest BCUT2D eigenvalue weighted by atomic mass is 9.82. The van der Waals surface area contributed by atoms with Gasteiger partial charge in [-0.2, -0.15) is 0 Å². The molecule has 1 heteroatoms. The van der Waals surface area contributed by atoms with Crippen molar-refractivity contribution in [3.63, 3.8) is 0 Å². The van der Waals surface area contributed by atoms with Crippen molar-refractivity contribution in [2.45, 2.75) is 29.1 Å². The van der Waals surface area contributed by atoms with Gasteiger partial charge in [-0.1, -0.05) is 98.4 Å². The second kappa shape index (κ2) is 6.37. The first kappa shape index (κ1) is 18.3. The van der Waals surface area contributed by atoms with Crippen molar-refractivity contribution in [1.82, 2.24) is 0 Å². The smallest absolute Gasteiger partial charge is 0.0207 e. The van der Waals surface area contributed by atoms with Crippen LogP contribution in [0.4, 0.5) is 0 Å². The molecule has 0 spiro atoms. The molecule has 5 aromatic carbocycles. The largest absolute Gasteiger partial charge is 0.0888 e. The molecule has 1 aliphatic heterocycles. The lowest BCUT2D eigenvalue weighted by molar-refractivity contribution is 0.660. The van der Waals surface area contributed by atoms with Gasteiger partial charge in [-0.15, -0.1) is 0 Å². The summed E-state index contributed by atoms with van der Waals surface area (Å²) in [4.78, 5) is 2.70. The van der Waals surface area contributed by atoms with Crippen LogP contribution >= 0.6 is 11.8 Å². The van der Waals surface area contributed by atoms with Crippen molar-refractivity contribution in [1.29, 1.82) is 0 Å². The summed E-state index contributed by atoms with van der Waals surface area (Å²) in [5.74, 6) is 0. The fraction of sp³-hybridized carbons (Fsp3) is 0.0968. The molecule has 0 unspecified atom stereocenters. The molecule has 0 nitrogen and oxygen atoms in total. The lowest BCUT2D eigenvalue weighted by Crippen LogP contribution is -2.14. The van der Waals surface area contributed by atoms with Gasteiger partial charge >= 0.3 is 0 Å². The van der Waals surface area contributed by atoms with Gasteiger partial charge in [0.15, 0.2) is 0 Å². The zero-order chi connectivity index (χ0) is 21.4. The summed E-state index contributed by atoms with van der Waals surface area (Å²) >= 11 is 1.89. The Kier molecular flexibility index (Phi) is 3.64. The molecule has 5 aromatic rings. The van der Waals surface area contributed by atoms with E-state index in [0.717, 1.165) is 0 Å². The Morgan fingerprint density at radius 2 is 1.25 bits per heavy atom. The van der Waals surface area contributed by atoms with E-state index in [1.807, 2.05) is 11.8 Å². The average molecular weight is 427 g/mol. The van der Waals surface area contributed by atoms with Crippen molar-refractivity contribution in [2.24, 2.45) is 0 Å². The summed E-state index contributed by atoms with van der Waals surface area (Å²) in [6, 6.07) is 36.1. The van der Waals surface area contributed by atoms with Gasteiger partial charge in [0.05, 0.1) is 0 Å². The maximum Gasteiger partial charge on any atom is 0.0207 e. The van der Waals surface area contributed by atoms with E-state index in [9.17, 15) is 0 Å². The van der Waals surface area contributed by atoms with E-state index in [2.05, 4.69) is 111 Å². The molecule has 152 valence electrons. The summed E-state index contributed by atoms with van der Waals surface area (Å²) in [6.45, 7) is 4.71. The third-order valence-electron chi connectivity index (χ3n) is 7.25. The molecule has 2 aliphatic rings. The monoisotopic (exact) mass is 426 g/mol. The van der Waals surface area contributed by atoms with Gasteiger partial charge in [0.1, 0.15) is 0 Å². The average Bonchev–Trinajstić information content (AvgIpc) is 3.06. The minimum Gasteiger partial charge on any atom is -0.0888 e. The first-order valence-corrected chi connectivity index (χ1v) is 12.0. The third-order valence-corrected chi connectivity index (χ3v) is 8.39. The van der Waals surface area contributed by atoms with Crippen molar-refractivity contribution >= 4 is 22.5 Å². The Labute approximate surface area is 192 Å². The Bertz CT molecular complexity index is 1570. The van der Waals surface area contributed by atoms with Gasteiger partial charge in [-0.3, -0.25) is 0 Å². The minimum atomic E-state index is 0.0173. The number of benzene rings is 5. The molecule has 0 atom stereocenters. The molecule has 1 aliphatic carbocycles. The first-order valence-electron chi connectivity index (χ1n) is 11.2. The quantitative estimate of drug-likeness (QED) is 0.253. The Hall–Kier alpha value is -3.29. The van der Waals surface area contributed by atoms with Crippen LogP contribution < -0.4 is 0 Å². The van der Waals surface area contributed by atoms with E-state index in [0.29, 0.717) is 0 Å². The Morgan fingerprint density at radius 3 is 2.16 bits per heavy atom. The Morgan fingerprint density at radius 1 is 0.562 bits per heavy atom. The third kappa shape index (κ3) is 2.35. The SMILES string of the molecule is CC1(C)c2ccccc2-c2c(-c3cc4c5c(cccc5c3)Sc3ccccc3-4)cccc21. The highest BCUT2D eigenvalue weighted by atomic mass is 32.2. The van der Waals surface area contributed by atoms with Crippen LogP contribution in [0.15, 0.2) is 107 Å². The molecular weight excluding hydrogens is 404 g/mol. The number of fused-ring (bicyclic) bond motifs is 5. The van der Waals surface area contributed by atoms with Crippen molar-refractivity contribution in [2.75, 3.05) is 0 Å². The van der Waals surface area contributed by atoms with E-state index < -0.39 is 0 Å². The second-order valence-electron chi connectivity index (χ2n) is 9.38. The van der Waals surface area contributed by atoms with Crippen LogP contribution in [-0.2, 0) is 5.41 Å². The van der Waals surface area contributed by atoms with Crippen LogP contribution in [-0.4, -0.2) is 0 Å².